The van der Waals surface area contributed by atoms with Crippen molar-refractivity contribution in [2.45, 2.75) is 109 Å². The van der Waals surface area contributed by atoms with Gasteiger partial charge in [0.2, 0.25) is 0 Å². The second-order valence-corrected chi connectivity index (χ2v) is 11.4. The summed E-state index contributed by atoms with van der Waals surface area (Å²) in [6, 6.07) is 0. The molecule has 0 amide bonds. The molecule has 0 aromatic heterocycles. The van der Waals surface area contributed by atoms with E-state index in [0.717, 1.165) is 36.8 Å². The summed E-state index contributed by atoms with van der Waals surface area (Å²) in [5.41, 5.74) is 2.65. The Morgan fingerprint density at radius 1 is 1.23 bits per heavy atom. The number of fused-ring (bicyclic) bond motifs is 1. The van der Waals surface area contributed by atoms with Gasteiger partial charge in [-0.2, -0.15) is 0 Å². The number of aliphatic hydroxyl groups excluding tert-OH is 3. The summed E-state index contributed by atoms with van der Waals surface area (Å²) < 4.78 is 0. The highest BCUT2D eigenvalue weighted by Crippen LogP contribution is 2.60. The molecule has 0 unspecified atom stereocenters. The molecule has 3 aliphatic rings. The summed E-state index contributed by atoms with van der Waals surface area (Å²) in [4.78, 5) is 0. The quantitative estimate of drug-likeness (QED) is 0.491. The van der Waals surface area contributed by atoms with Crippen molar-refractivity contribution in [1.82, 2.24) is 0 Å². The Morgan fingerprint density at radius 2 is 1.94 bits per heavy atom. The van der Waals surface area contributed by atoms with Crippen LogP contribution >= 0.6 is 0 Å². The van der Waals surface area contributed by atoms with E-state index in [4.69, 9.17) is 0 Å². The number of aliphatic hydroxyl groups is 4. The second-order valence-electron chi connectivity index (χ2n) is 11.4. The van der Waals surface area contributed by atoms with Crippen LogP contribution < -0.4 is 0 Å². The topological polar surface area (TPSA) is 80.9 Å². The zero-order valence-electron chi connectivity index (χ0n) is 20.0. The lowest BCUT2D eigenvalue weighted by Crippen LogP contribution is -2.39. The van der Waals surface area contributed by atoms with Crippen LogP contribution in [0.5, 0.6) is 0 Å². The minimum absolute atomic E-state index is 0.195. The molecule has 3 fully saturated rings. The van der Waals surface area contributed by atoms with Crippen molar-refractivity contribution in [3.05, 3.63) is 35.5 Å². The summed E-state index contributed by atoms with van der Waals surface area (Å²) >= 11 is 0. The van der Waals surface area contributed by atoms with Crippen molar-refractivity contribution in [3.63, 3.8) is 0 Å². The van der Waals surface area contributed by atoms with Crippen molar-refractivity contribution < 1.29 is 20.4 Å². The van der Waals surface area contributed by atoms with Crippen molar-refractivity contribution in [2.24, 2.45) is 23.2 Å². The van der Waals surface area contributed by atoms with Crippen LogP contribution in [0.2, 0.25) is 0 Å². The zero-order valence-corrected chi connectivity index (χ0v) is 20.0. The third kappa shape index (κ3) is 5.52. The first-order valence-electron chi connectivity index (χ1n) is 12.3. The maximum Gasteiger partial charge on any atom is 0.0811 e. The van der Waals surface area contributed by atoms with Crippen LogP contribution in [0, 0.1) is 23.2 Å². The molecule has 0 aromatic rings. The maximum atomic E-state index is 10.9. The van der Waals surface area contributed by atoms with E-state index in [1.165, 1.54) is 12.0 Å². The molecule has 4 nitrogen and oxygen atoms in total. The lowest BCUT2D eigenvalue weighted by Gasteiger charge is -2.45. The number of hydrogen-bond acceptors (Lipinski definition) is 4. The van der Waals surface area contributed by atoms with Crippen LogP contribution in [0.3, 0.4) is 0 Å². The lowest BCUT2D eigenvalue weighted by atomic mass is 9.60. The molecule has 4 heteroatoms. The predicted molar refractivity (Wildman–Crippen MR) is 125 cm³/mol. The highest BCUT2D eigenvalue weighted by molar-refractivity contribution is 5.38. The molecule has 3 saturated carbocycles. The molecular formula is C27H44O4. The van der Waals surface area contributed by atoms with E-state index < -0.39 is 17.8 Å². The smallest absolute Gasteiger partial charge is 0.0811 e. The molecule has 0 heterocycles. The van der Waals surface area contributed by atoms with Gasteiger partial charge in [0.05, 0.1) is 23.9 Å². The van der Waals surface area contributed by atoms with Crippen molar-refractivity contribution in [2.75, 3.05) is 0 Å². The monoisotopic (exact) mass is 432 g/mol. The number of hydrogen-bond donors (Lipinski definition) is 4. The Hall–Kier alpha value is -0.940. The van der Waals surface area contributed by atoms with Gasteiger partial charge < -0.3 is 20.4 Å². The molecule has 176 valence electrons. The van der Waals surface area contributed by atoms with Gasteiger partial charge in [0.1, 0.15) is 0 Å². The fraction of sp³-hybridized carbons (Fsp3) is 0.778. The Labute approximate surface area is 188 Å². The van der Waals surface area contributed by atoms with Crippen LogP contribution in [0.1, 0.15) is 85.5 Å². The van der Waals surface area contributed by atoms with E-state index in [9.17, 15) is 20.4 Å². The largest absolute Gasteiger partial charge is 0.393 e. The first-order chi connectivity index (χ1) is 14.4. The van der Waals surface area contributed by atoms with Gasteiger partial charge in [-0.3, -0.25) is 0 Å². The van der Waals surface area contributed by atoms with Gasteiger partial charge in [-0.25, -0.2) is 0 Å². The second kappa shape index (κ2) is 9.51. The van der Waals surface area contributed by atoms with Crippen molar-refractivity contribution in [1.29, 1.82) is 0 Å². The zero-order chi connectivity index (χ0) is 23.0. The minimum Gasteiger partial charge on any atom is -0.393 e. The molecule has 0 bridgehead atoms. The predicted octanol–water partition coefficient (Wildman–Crippen LogP) is 4.68. The van der Waals surface area contributed by atoms with Gasteiger partial charge >= 0.3 is 0 Å². The van der Waals surface area contributed by atoms with E-state index in [1.54, 1.807) is 0 Å². The third-order valence-corrected chi connectivity index (χ3v) is 8.60. The Kier molecular flexibility index (Phi) is 7.57. The summed E-state index contributed by atoms with van der Waals surface area (Å²) in [6.07, 6.45) is 10.8. The Bertz CT molecular complexity index is 715. The van der Waals surface area contributed by atoms with E-state index in [1.807, 2.05) is 13.8 Å². The molecular weight excluding hydrogens is 388 g/mol. The molecule has 3 aliphatic carbocycles. The van der Waals surface area contributed by atoms with Gasteiger partial charge in [-0.05, 0) is 99.5 Å². The summed E-state index contributed by atoms with van der Waals surface area (Å²) in [5, 5.41) is 41.1. The van der Waals surface area contributed by atoms with Gasteiger partial charge in [-0.1, -0.05) is 38.2 Å². The van der Waals surface area contributed by atoms with E-state index in [0.29, 0.717) is 37.5 Å². The third-order valence-electron chi connectivity index (χ3n) is 8.60. The van der Waals surface area contributed by atoms with Crippen molar-refractivity contribution >= 4 is 0 Å². The molecule has 0 saturated heterocycles. The fourth-order valence-corrected chi connectivity index (χ4v) is 6.64. The standard InChI is InChI=1S/C27H44O4/c1-17-20(15-21(28)16-25(17)30)9-8-19-7-6-13-27(5)22(10-11-23(19)27)18(2)24(29)12-14-26(3,4)31/h8-9,18,21-25,28-31H,1,6-7,10-16H2,2-5H3/b19-8+,20-9-/t18-,21-,22-,23+,24-,25+,27-/m1/s1. The van der Waals surface area contributed by atoms with E-state index in [-0.39, 0.29) is 17.4 Å². The average molecular weight is 433 g/mol. The summed E-state index contributed by atoms with van der Waals surface area (Å²) in [7, 11) is 0. The normalized spacial score (nSPS) is 39.0. The van der Waals surface area contributed by atoms with Gasteiger partial charge in [0, 0.05) is 6.42 Å². The lowest BCUT2D eigenvalue weighted by molar-refractivity contribution is -0.00259. The highest BCUT2D eigenvalue weighted by atomic mass is 16.3. The van der Waals surface area contributed by atoms with Gasteiger partial charge in [-0.15, -0.1) is 0 Å². The first-order valence-corrected chi connectivity index (χ1v) is 12.3. The molecule has 7 atom stereocenters. The minimum atomic E-state index is -0.735. The van der Waals surface area contributed by atoms with Crippen LogP contribution in [0.4, 0.5) is 0 Å². The van der Waals surface area contributed by atoms with Crippen LogP contribution in [0.15, 0.2) is 35.5 Å². The first kappa shape index (κ1) is 24.7. The maximum absolute atomic E-state index is 10.9. The SMILES string of the molecule is C=C1/C(=C\C=C2/CCC[C@]3(C)[C@@H]([C@@H](C)[C@H](O)CCC(C)(C)O)CC[C@@H]23)C[C@@H](O)C[C@@H]1O. The fourth-order valence-electron chi connectivity index (χ4n) is 6.64. The number of rotatable bonds is 6. The summed E-state index contributed by atoms with van der Waals surface area (Å²) in [6.45, 7) is 12.3. The molecule has 0 aliphatic heterocycles. The number of allylic oxidation sites excluding steroid dienone is 3. The van der Waals surface area contributed by atoms with E-state index in [2.05, 4.69) is 32.6 Å². The highest BCUT2D eigenvalue weighted by Gasteiger charge is 2.51. The van der Waals surface area contributed by atoms with Crippen molar-refractivity contribution in [3.8, 4) is 0 Å². The summed E-state index contributed by atoms with van der Waals surface area (Å²) in [5.74, 6) is 1.23. The molecule has 3 rings (SSSR count). The van der Waals surface area contributed by atoms with Crippen LogP contribution in [-0.2, 0) is 0 Å². The molecule has 4 N–H and O–H groups in total. The van der Waals surface area contributed by atoms with Crippen LogP contribution in [-0.4, -0.2) is 44.3 Å². The van der Waals surface area contributed by atoms with Gasteiger partial charge in [0.15, 0.2) is 0 Å². The molecule has 31 heavy (non-hydrogen) atoms. The molecule has 0 aromatic carbocycles. The average Bonchev–Trinajstić information content (AvgIpc) is 3.04. The Balaban J connectivity index is 1.74. The van der Waals surface area contributed by atoms with Crippen LogP contribution in [0.25, 0.3) is 0 Å². The van der Waals surface area contributed by atoms with E-state index >= 15 is 0 Å². The molecule has 0 spiro atoms. The Morgan fingerprint density at radius 3 is 2.61 bits per heavy atom. The molecule has 0 radical (unpaired) electrons. The van der Waals surface area contributed by atoms with Gasteiger partial charge in [0.25, 0.3) is 0 Å².